The van der Waals surface area contributed by atoms with Crippen LogP contribution in [0.3, 0.4) is 0 Å². The lowest BCUT2D eigenvalue weighted by Gasteiger charge is -2.07. The summed E-state index contributed by atoms with van der Waals surface area (Å²) in [5.74, 6) is 0.666. The topological polar surface area (TPSA) is 29.1 Å². The summed E-state index contributed by atoms with van der Waals surface area (Å²) in [6.45, 7) is 2.05. The van der Waals surface area contributed by atoms with E-state index in [-0.39, 0.29) is 5.91 Å². The van der Waals surface area contributed by atoms with Crippen molar-refractivity contribution in [1.82, 2.24) is 0 Å². The second-order valence-electron chi connectivity index (χ2n) is 4.58. The summed E-state index contributed by atoms with van der Waals surface area (Å²) >= 11 is 13.5. The van der Waals surface area contributed by atoms with E-state index in [1.165, 1.54) is 5.56 Å². The molecule has 0 aliphatic rings. The van der Waals surface area contributed by atoms with Crippen LogP contribution in [-0.2, 0) is 4.79 Å². The van der Waals surface area contributed by atoms with Crippen LogP contribution in [0.4, 0.5) is 5.69 Å². The Balaban J connectivity index is 1.81. The van der Waals surface area contributed by atoms with Gasteiger partial charge in [0.15, 0.2) is 0 Å². The van der Waals surface area contributed by atoms with Crippen molar-refractivity contribution >= 4 is 46.6 Å². The maximum atomic E-state index is 11.9. The molecular formula is C16H15Cl2NOS. The molecule has 0 atom stereocenters. The predicted molar refractivity (Wildman–Crippen MR) is 91.6 cm³/mol. The Kier molecular flexibility index (Phi) is 5.97. The standard InChI is InChI=1S/C16H15Cl2NOS/c1-11-2-5-13(6-3-11)21-9-8-16(20)19-15-7-4-12(17)10-14(15)18/h2-7,10H,8-9H2,1H3,(H,19,20). The summed E-state index contributed by atoms with van der Waals surface area (Å²) in [5.41, 5.74) is 1.82. The van der Waals surface area contributed by atoms with Crippen LogP contribution in [0.25, 0.3) is 0 Å². The number of anilines is 1. The Labute approximate surface area is 138 Å². The van der Waals surface area contributed by atoms with Crippen molar-refractivity contribution in [1.29, 1.82) is 0 Å². The van der Waals surface area contributed by atoms with Crippen LogP contribution >= 0.6 is 35.0 Å². The third-order valence-electron chi connectivity index (χ3n) is 2.82. The molecule has 0 aromatic heterocycles. The quantitative estimate of drug-likeness (QED) is 0.736. The fraction of sp³-hybridized carbons (Fsp3) is 0.188. The summed E-state index contributed by atoms with van der Waals surface area (Å²) < 4.78 is 0. The van der Waals surface area contributed by atoms with Gasteiger partial charge >= 0.3 is 0 Å². The van der Waals surface area contributed by atoms with Crippen molar-refractivity contribution in [3.63, 3.8) is 0 Å². The largest absolute Gasteiger partial charge is 0.325 e. The van der Waals surface area contributed by atoms with Crippen LogP contribution in [0.2, 0.25) is 10.0 Å². The molecule has 0 bridgehead atoms. The molecule has 110 valence electrons. The molecule has 5 heteroatoms. The molecule has 0 aliphatic heterocycles. The van der Waals surface area contributed by atoms with Gasteiger partial charge in [-0.3, -0.25) is 4.79 Å². The lowest BCUT2D eigenvalue weighted by molar-refractivity contribution is -0.115. The van der Waals surface area contributed by atoms with Crippen LogP contribution < -0.4 is 5.32 Å². The van der Waals surface area contributed by atoms with Crippen molar-refractivity contribution in [2.75, 3.05) is 11.1 Å². The molecule has 0 heterocycles. The van der Waals surface area contributed by atoms with Gasteiger partial charge in [0.25, 0.3) is 0 Å². The van der Waals surface area contributed by atoms with Crippen molar-refractivity contribution in [3.05, 3.63) is 58.1 Å². The lowest BCUT2D eigenvalue weighted by Crippen LogP contribution is -2.12. The Hall–Kier alpha value is -1.16. The molecule has 0 fully saturated rings. The zero-order valence-electron chi connectivity index (χ0n) is 11.5. The van der Waals surface area contributed by atoms with E-state index in [2.05, 4.69) is 36.5 Å². The lowest BCUT2D eigenvalue weighted by atomic mass is 10.2. The Morgan fingerprint density at radius 1 is 1.14 bits per heavy atom. The molecule has 2 nitrogen and oxygen atoms in total. The molecule has 1 amide bonds. The molecule has 2 rings (SSSR count). The van der Waals surface area contributed by atoms with Crippen LogP contribution in [0.1, 0.15) is 12.0 Å². The van der Waals surface area contributed by atoms with E-state index in [0.29, 0.717) is 22.2 Å². The summed E-state index contributed by atoms with van der Waals surface area (Å²) in [4.78, 5) is 13.0. The summed E-state index contributed by atoms with van der Waals surface area (Å²) in [7, 11) is 0. The van der Waals surface area contributed by atoms with Gasteiger partial charge in [0, 0.05) is 22.1 Å². The normalized spacial score (nSPS) is 10.4. The predicted octanol–water partition coefficient (Wildman–Crippen LogP) is 5.42. The second kappa shape index (κ2) is 7.74. The average Bonchev–Trinajstić information content (AvgIpc) is 2.44. The van der Waals surface area contributed by atoms with Gasteiger partial charge in [-0.2, -0.15) is 0 Å². The maximum Gasteiger partial charge on any atom is 0.225 e. The van der Waals surface area contributed by atoms with Crippen molar-refractivity contribution < 1.29 is 4.79 Å². The molecule has 1 N–H and O–H groups in total. The van der Waals surface area contributed by atoms with Gasteiger partial charge < -0.3 is 5.32 Å². The number of carbonyl (C=O) groups is 1. The van der Waals surface area contributed by atoms with Gasteiger partial charge in [0.1, 0.15) is 0 Å². The first-order valence-corrected chi connectivity index (χ1v) is 8.23. The smallest absolute Gasteiger partial charge is 0.225 e. The molecule has 0 unspecified atom stereocenters. The molecule has 0 radical (unpaired) electrons. The third kappa shape index (κ3) is 5.27. The number of aryl methyl sites for hydroxylation is 1. The Morgan fingerprint density at radius 3 is 2.52 bits per heavy atom. The van der Waals surface area contributed by atoms with Gasteiger partial charge in [-0.1, -0.05) is 40.9 Å². The zero-order valence-corrected chi connectivity index (χ0v) is 13.9. The number of hydrogen-bond donors (Lipinski definition) is 1. The number of carbonyl (C=O) groups excluding carboxylic acids is 1. The van der Waals surface area contributed by atoms with Crippen LogP contribution in [0, 0.1) is 6.92 Å². The van der Waals surface area contributed by atoms with Gasteiger partial charge in [0.2, 0.25) is 5.91 Å². The number of nitrogens with one attached hydrogen (secondary N) is 1. The number of amides is 1. The highest BCUT2D eigenvalue weighted by molar-refractivity contribution is 7.99. The van der Waals surface area contributed by atoms with E-state index in [0.717, 1.165) is 10.6 Å². The van der Waals surface area contributed by atoms with Crippen molar-refractivity contribution in [2.45, 2.75) is 18.2 Å². The Bertz CT molecular complexity index is 629. The molecule has 0 aliphatic carbocycles. The number of hydrogen-bond acceptors (Lipinski definition) is 2. The highest BCUT2D eigenvalue weighted by atomic mass is 35.5. The van der Waals surface area contributed by atoms with Crippen LogP contribution in [-0.4, -0.2) is 11.7 Å². The van der Waals surface area contributed by atoms with E-state index in [1.54, 1.807) is 30.0 Å². The SMILES string of the molecule is Cc1ccc(SCCC(=O)Nc2ccc(Cl)cc2Cl)cc1. The molecule has 2 aromatic rings. The van der Waals surface area contributed by atoms with Crippen molar-refractivity contribution in [3.8, 4) is 0 Å². The van der Waals surface area contributed by atoms with Gasteiger partial charge in [0.05, 0.1) is 10.7 Å². The summed E-state index contributed by atoms with van der Waals surface area (Å²) in [5, 5.41) is 3.79. The Morgan fingerprint density at radius 2 is 1.86 bits per heavy atom. The minimum Gasteiger partial charge on any atom is -0.325 e. The molecular weight excluding hydrogens is 325 g/mol. The van der Waals surface area contributed by atoms with E-state index in [1.807, 2.05) is 0 Å². The monoisotopic (exact) mass is 339 g/mol. The van der Waals surface area contributed by atoms with Gasteiger partial charge in [-0.15, -0.1) is 11.8 Å². The zero-order chi connectivity index (χ0) is 15.2. The van der Waals surface area contributed by atoms with Crippen LogP contribution in [0.5, 0.6) is 0 Å². The van der Waals surface area contributed by atoms with E-state index in [4.69, 9.17) is 23.2 Å². The fourth-order valence-electron chi connectivity index (χ4n) is 1.70. The summed E-state index contributed by atoms with van der Waals surface area (Å²) in [6, 6.07) is 13.3. The van der Waals surface area contributed by atoms with Crippen molar-refractivity contribution in [2.24, 2.45) is 0 Å². The number of halogens is 2. The minimum atomic E-state index is -0.0566. The minimum absolute atomic E-state index is 0.0566. The van der Waals surface area contributed by atoms with Crippen LogP contribution in [0.15, 0.2) is 47.4 Å². The number of thioether (sulfide) groups is 1. The summed E-state index contributed by atoms with van der Waals surface area (Å²) in [6.07, 6.45) is 0.428. The first kappa shape index (κ1) is 16.2. The number of benzene rings is 2. The molecule has 21 heavy (non-hydrogen) atoms. The number of rotatable bonds is 5. The van der Waals surface area contributed by atoms with E-state index < -0.39 is 0 Å². The highest BCUT2D eigenvalue weighted by Gasteiger charge is 2.06. The first-order valence-electron chi connectivity index (χ1n) is 6.49. The average molecular weight is 340 g/mol. The van der Waals surface area contributed by atoms with Gasteiger partial charge in [-0.25, -0.2) is 0 Å². The van der Waals surface area contributed by atoms with Gasteiger partial charge in [-0.05, 0) is 37.3 Å². The second-order valence-corrected chi connectivity index (χ2v) is 6.60. The van der Waals surface area contributed by atoms with E-state index in [9.17, 15) is 4.79 Å². The van der Waals surface area contributed by atoms with E-state index >= 15 is 0 Å². The first-order chi connectivity index (χ1) is 10.0. The maximum absolute atomic E-state index is 11.9. The fourth-order valence-corrected chi connectivity index (χ4v) is 3.01. The molecule has 0 saturated heterocycles. The third-order valence-corrected chi connectivity index (χ3v) is 4.39. The molecule has 2 aromatic carbocycles. The molecule has 0 saturated carbocycles. The highest BCUT2D eigenvalue weighted by Crippen LogP contribution is 2.26. The molecule has 0 spiro atoms.